The Balaban J connectivity index is 1.84. The number of anilines is 1. The number of likely N-dealkylation sites (tertiary alicyclic amines) is 1. The third-order valence-electron chi connectivity index (χ3n) is 4.83. The second-order valence-corrected chi connectivity index (χ2v) is 6.55. The number of nitrogens with zero attached hydrogens (tertiary/aromatic N) is 3. The maximum absolute atomic E-state index is 12.9. The summed E-state index contributed by atoms with van der Waals surface area (Å²) in [6.07, 6.45) is 2.77. The summed E-state index contributed by atoms with van der Waals surface area (Å²) in [5.74, 6) is 0.238. The van der Waals surface area contributed by atoms with Crippen LogP contribution < -0.4 is 5.32 Å². The van der Waals surface area contributed by atoms with Crippen molar-refractivity contribution in [3.63, 3.8) is 0 Å². The molecule has 3 rings (SSSR count). The average molecular weight is 340 g/mol. The molecule has 0 aliphatic carbocycles. The van der Waals surface area contributed by atoms with Crippen LogP contribution in [0.15, 0.2) is 36.5 Å². The lowest BCUT2D eigenvalue weighted by molar-refractivity contribution is -0.140. The fourth-order valence-corrected chi connectivity index (χ4v) is 3.36. The monoisotopic (exact) mass is 340 g/mol. The summed E-state index contributed by atoms with van der Waals surface area (Å²) in [6.45, 7) is 4.77. The number of nitrogens with one attached hydrogen (secondary N) is 1. The fraction of sp³-hybridized carbons (Fsp3) is 0.421. The molecule has 1 N–H and O–H groups in total. The number of hydrogen-bond donors (Lipinski definition) is 1. The molecule has 1 aliphatic heterocycles. The predicted octanol–water partition coefficient (Wildman–Crippen LogP) is 2.76. The molecule has 0 unspecified atom stereocenters. The molecule has 1 aliphatic rings. The second-order valence-electron chi connectivity index (χ2n) is 6.55. The minimum atomic E-state index is -0.294. The summed E-state index contributed by atoms with van der Waals surface area (Å²) < 4.78 is 1.77. The lowest BCUT2D eigenvalue weighted by Gasteiger charge is -2.38. The zero-order chi connectivity index (χ0) is 18.0. The van der Waals surface area contributed by atoms with Crippen LogP contribution in [0.3, 0.4) is 0 Å². The maximum atomic E-state index is 12.9. The molecule has 0 bridgehead atoms. The van der Waals surface area contributed by atoms with Crippen molar-refractivity contribution >= 4 is 17.6 Å². The van der Waals surface area contributed by atoms with E-state index in [0.717, 1.165) is 17.7 Å². The van der Waals surface area contributed by atoms with Crippen LogP contribution in [-0.2, 0) is 16.1 Å². The molecule has 132 valence electrons. The van der Waals surface area contributed by atoms with Gasteiger partial charge in [-0.1, -0.05) is 29.8 Å². The Hall–Kier alpha value is -2.63. The summed E-state index contributed by atoms with van der Waals surface area (Å²) in [7, 11) is 1.78. The predicted molar refractivity (Wildman–Crippen MR) is 95.9 cm³/mol. The highest BCUT2D eigenvalue weighted by Gasteiger charge is 2.38. The molecule has 1 fully saturated rings. The summed E-state index contributed by atoms with van der Waals surface area (Å²) in [5, 5.41) is 7.22. The molecule has 1 aromatic heterocycles. The number of piperidine rings is 1. The van der Waals surface area contributed by atoms with Gasteiger partial charge in [0.2, 0.25) is 11.8 Å². The fourth-order valence-electron chi connectivity index (χ4n) is 3.36. The first kappa shape index (κ1) is 17.2. The van der Waals surface area contributed by atoms with Gasteiger partial charge in [0, 0.05) is 32.3 Å². The lowest BCUT2D eigenvalue weighted by atomic mass is 9.83. The van der Waals surface area contributed by atoms with Crippen LogP contribution in [0.1, 0.15) is 36.9 Å². The minimum Gasteiger partial charge on any atom is -0.338 e. The Bertz CT molecular complexity index is 766. The van der Waals surface area contributed by atoms with Crippen LogP contribution in [-0.4, -0.2) is 33.5 Å². The summed E-state index contributed by atoms with van der Waals surface area (Å²) in [5.41, 5.74) is 2.14. The summed E-state index contributed by atoms with van der Waals surface area (Å²) in [6, 6.07) is 9.57. The molecule has 0 spiro atoms. The highest BCUT2D eigenvalue weighted by Crippen LogP contribution is 2.36. The molecule has 2 aromatic rings. The van der Waals surface area contributed by atoms with E-state index >= 15 is 0 Å². The molecule has 0 saturated carbocycles. The summed E-state index contributed by atoms with van der Waals surface area (Å²) in [4.78, 5) is 26.8. The van der Waals surface area contributed by atoms with Crippen molar-refractivity contribution in [1.29, 1.82) is 0 Å². The third kappa shape index (κ3) is 3.57. The molecule has 1 saturated heterocycles. The molecular formula is C19H24N4O2. The normalized spacial score (nSPS) is 20.6. The van der Waals surface area contributed by atoms with E-state index in [0.29, 0.717) is 18.7 Å². The van der Waals surface area contributed by atoms with Crippen molar-refractivity contribution in [1.82, 2.24) is 14.7 Å². The Morgan fingerprint density at radius 3 is 2.64 bits per heavy atom. The van der Waals surface area contributed by atoms with Crippen molar-refractivity contribution in [2.24, 2.45) is 5.92 Å². The topological polar surface area (TPSA) is 67.2 Å². The smallest absolute Gasteiger partial charge is 0.231 e. The van der Waals surface area contributed by atoms with Crippen LogP contribution in [0, 0.1) is 12.8 Å². The molecule has 6 heteroatoms. The third-order valence-corrected chi connectivity index (χ3v) is 4.83. The minimum absolute atomic E-state index is 0.0740. The average Bonchev–Trinajstić information content (AvgIpc) is 3.05. The first-order chi connectivity index (χ1) is 12.0. The van der Waals surface area contributed by atoms with Crippen LogP contribution >= 0.6 is 0 Å². The van der Waals surface area contributed by atoms with Crippen molar-refractivity contribution < 1.29 is 9.59 Å². The van der Waals surface area contributed by atoms with E-state index in [2.05, 4.69) is 10.4 Å². The number of benzene rings is 1. The zero-order valence-corrected chi connectivity index (χ0v) is 14.9. The van der Waals surface area contributed by atoms with Gasteiger partial charge in [0.1, 0.15) is 0 Å². The number of carbonyl (C=O) groups excluding carboxylic acids is 2. The van der Waals surface area contributed by atoms with Gasteiger partial charge in [-0.25, -0.2) is 0 Å². The van der Waals surface area contributed by atoms with Gasteiger partial charge >= 0.3 is 0 Å². The first-order valence-corrected chi connectivity index (χ1v) is 8.66. The number of aryl methyl sites for hydroxylation is 2. The number of hydrogen-bond acceptors (Lipinski definition) is 3. The van der Waals surface area contributed by atoms with Crippen molar-refractivity contribution in [2.75, 3.05) is 12.4 Å². The van der Waals surface area contributed by atoms with Gasteiger partial charge in [0.05, 0.1) is 12.0 Å². The lowest BCUT2D eigenvalue weighted by Crippen LogP contribution is -2.44. The standard InChI is InChI=1S/C19H24N4O2/c1-4-23-12-11-16(21-23)20-19(25)15-9-10-17(24)22(3)18(15)14-7-5-13(2)6-8-14/h5-8,11-12,15,18H,4,9-10H2,1-3H3,(H,20,21,25)/t15-,18-/m0/s1. The van der Waals surface area contributed by atoms with E-state index in [1.54, 1.807) is 22.7 Å². The Morgan fingerprint density at radius 2 is 2.00 bits per heavy atom. The van der Waals surface area contributed by atoms with Gasteiger partial charge in [-0.05, 0) is 25.8 Å². The maximum Gasteiger partial charge on any atom is 0.231 e. The number of carbonyl (C=O) groups is 2. The molecule has 6 nitrogen and oxygen atoms in total. The number of amides is 2. The van der Waals surface area contributed by atoms with E-state index < -0.39 is 0 Å². The summed E-state index contributed by atoms with van der Waals surface area (Å²) >= 11 is 0. The van der Waals surface area contributed by atoms with Crippen molar-refractivity contribution in [3.05, 3.63) is 47.7 Å². The first-order valence-electron chi connectivity index (χ1n) is 8.66. The number of aromatic nitrogens is 2. The van der Waals surface area contributed by atoms with Crippen LogP contribution in [0.2, 0.25) is 0 Å². The van der Waals surface area contributed by atoms with Gasteiger partial charge in [-0.2, -0.15) is 5.10 Å². The van der Waals surface area contributed by atoms with Gasteiger partial charge in [0.15, 0.2) is 5.82 Å². The van der Waals surface area contributed by atoms with Crippen molar-refractivity contribution in [3.8, 4) is 0 Å². The van der Waals surface area contributed by atoms with E-state index in [1.807, 2.05) is 44.3 Å². The van der Waals surface area contributed by atoms with E-state index in [1.165, 1.54) is 0 Å². The molecule has 2 heterocycles. The largest absolute Gasteiger partial charge is 0.338 e. The van der Waals surface area contributed by atoms with Crippen LogP contribution in [0.4, 0.5) is 5.82 Å². The van der Waals surface area contributed by atoms with E-state index in [4.69, 9.17) is 0 Å². The molecule has 1 aromatic carbocycles. The van der Waals surface area contributed by atoms with Crippen molar-refractivity contribution in [2.45, 2.75) is 39.3 Å². The van der Waals surface area contributed by atoms with Crippen LogP contribution in [0.25, 0.3) is 0 Å². The van der Waals surface area contributed by atoms with Gasteiger partial charge < -0.3 is 10.2 Å². The quantitative estimate of drug-likeness (QED) is 0.930. The SMILES string of the molecule is CCn1ccc(NC(=O)[C@H]2CCC(=O)N(C)[C@H]2c2ccc(C)cc2)n1. The molecule has 2 atom stereocenters. The molecular weight excluding hydrogens is 316 g/mol. The molecule has 2 amide bonds. The highest BCUT2D eigenvalue weighted by atomic mass is 16.2. The van der Waals surface area contributed by atoms with E-state index in [-0.39, 0.29) is 23.8 Å². The van der Waals surface area contributed by atoms with Gasteiger partial charge in [-0.3, -0.25) is 14.3 Å². The van der Waals surface area contributed by atoms with Crippen LogP contribution in [0.5, 0.6) is 0 Å². The Kier molecular flexibility index (Phi) is 4.88. The van der Waals surface area contributed by atoms with Gasteiger partial charge in [-0.15, -0.1) is 0 Å². The number of rotatable bonds is 4. The zero-order valence-electron chi connectivity index (χ0n) is 14.9. The Morgan fingerprint density at radius 1 is 1.28 bits per heavy atom. The van der Waals surface area contributed by atoms with Gasteiger partial charge in [0.25, 0.3) is 0 Å². The Labute approximate surface area is 147 Å². The second kappa shape index (κ2) is 7.09. The molecule has 25 heavy (non-hydrogen) atoms. The molecule has 0 radical (unpaired) electrons. The van der Waals surface area contributed by atoms with E-state index in [9.17, 15) is 9.59 Å². The highest BCUT2D eigenvalue weighted by molar-refractivity contribution is 5.94.